The maximum Gasteiger partial charge on any atom is 0.254 e. The number of carbonyl (C=O) groups excluding carboxylic acids is 1. The van der Waals surface area contributed by atoms with E-state index in [0.717, 1.165) is 11.3 Å². The van der Waals surface area contributed by atoms with Gasteiger partial charge in [0.2, 0.25) is 0 Å². The van der Waals surface area contributed by atoms with E-state index in [2.05, 4.69) is 10.4 Å². The number of hydrogen-bond acceptors (Lipinski definition) is 4. The van der Waals surface area contributed by atoms with Crippen molar-refractivity contribution in [3.05, 3.63) is 82.6 Å². The van der Waals surface area contributed by atoms with Crippen molar-refractivity contribution < 1.29 is 13.2 Å². The van der Waals surface area contributed by atoms with Crippen molar-refractivity contribution >= 4 is 27.3 Å². The Kier molecular flexibility index (Phi) is 6.71. The molecule has 1 N–H and O–H groups in total. The second-order valence-electron chi connectivity index (χ2n) is 6.72. The van der Waals surface area contributed by atoms with Crippen molar-refractivity contribution in [3.63, 3.8) is 0 Å². The van der Waals surface area contributed by atoms with E-state index >= 15 is 0 Å². The number of sulfone groups is 1. The summed E-state index contributed by atoms with van der Waals surface area (Å²) in [4.78, 5) is 12.5. The minimum Gasteiger partial charge on any atom is -0.352 e. The number of rotatable bonds is 8. The molecule has 0 spiro atoms. The van der Waals surface area contributed by atoms with Crippen molar-refractivity contribution in [2.75, 3.05) is 12.3 Å². The van der Waals surface area contributed by atoms with Crippen LogP contribution in [0.15, 0.2) is 60.8 Å². The summed E-state index contributed by atoms with van der Waals surface area (Å²) in [5, 5.41) is 7.62. The summed E-state index contributed by atoms with van der Waals surface area (Å²) in [7, 11) is -3.22. The van der Waals surface area contributed by atoms with Crippen LogP contribution < -0.4 is 5.32 Å². The molecule has 1 aromatic heterocycles. The van der Waals surface area contributed by atoms with Gasteiger partial charge in [-0.3, -0.25) is 4.79 Å². The highest BCUT2D eigenvalue weighted by molar-refractivity contribution is 7.90. The molecule has 0 saturated heterocycles. The fraction of sp³-hybridized carbons (Fsp3) is 0.238. The van der Waals surface area contributed by atoms with Gasteiger partial charge in [0.25, 0.3) is 5.91 Å². The zero-order valence-electron chi connectivity index (χ0n) is 16.0. The third-order valence-electron chi connectivity index (χ3n) is 4.45. The van der Waals surface area contributed by atoms with Crippen LogP contribution in [0.3, 0.4) is 0 Å². The van der Waals surface area contributed by atoms with Crippen LogP contribution in [0.1, 0.15) is 28.0 Å². The number of nitrogens with one attached hydrogen (secondary N) is 1. The molecule has 2 aromatic carbocycles. The molecule has 8 heteroatoms. The Balaban J connectivity index is 1.54. The fourth-order valence-electron chi connectivity index (χ4n) is 2.99. The quantitative estimate of drug-likeness (QED) is 0.553. The summed E-state index contributed by atoms with van der Waals surface area (Å²) < 4.78 is 26.1. The molecule has 3 aromatic rings. The van der Waals surface area contributed by atoms with E-state index in [1.165, 1.54) is 6.20 Å². The van der Waals surface area contributed by atoms with Crippen molar-refractivity contribution in [1.29, 1.82) is 0 Å². The lowest BCUT2D eigenvalue weighted by molar-refractivity contribution is 0.0953. The average Bonchev–Trinajstić information content (AvgIpc) is 3.07. The highest BCUT2D eigenvalue weighted by atomic mass is 35.5. The largest absolute Gasteiger partial charge is 0.352 e. The van der Waals surface area contributed by atoms with Crippen molar-refractivity contribution in [2.24, 2.45) is 0 Å². The zero-order valence-corrected chi connectivity index (χ0v) is 17.6. The van der Waals surface area contributed by atoms with Crippen LogP contribution in [0, 0.1) is 6.92 Å². The smallest absolute Gasteiger partial charge is 0.254 e. The third-order valence-corrected chi connectivity index (χ3v) is 6.37. The highest BCUT2D eigenvalue weighted by Gasteiger charge is 2.16. The molecule has 0 unspecified atom stereocenters. The Bertz CT molecular complexity index is 1100. The van der Waals surface area contributed by atoms with Gasteiger partial charge in [0, 0.05) is 11.6 Å². The Morgan fingerprint density at radius 3 is 2.62 bits per heavy atom. The van der Waals surface area contributed by atoms with Gasteiger partial charge < -0.3 is 5.32 Å². The van der Waals surface area contributed by atoms with Crippen molar-refractivity contribution in [3.8, 4) is 5.69 Å². The van der Waals surface area contributed by atoms with Crippen molar-refractivity contribution in [2.45, 2.75) is 19.1 Å². The van der Waals surface area contributed by atoms with Gasteiger partial charge in [0.15, 0.2) is 9.84 Å². The lowest BCUT2D eigenvalue weighted by Gasteiger charge is -2.08. The molecule has 1 amide bonds. The van der Waals surface area contributed by atoms with E-state index in [4.69, 9.17) is 11.6 Å². The third kappa shape index (κ3) is 5.68. The van der Waals surface area contributed by atoms with E-state index in [-0.39, 0.29) is 24.0 Å². The fourth-order valence-corrected chi connectivity index (χ4v) is 4.60. The maximum atomic E-state index is 12.5. The number of amides is 1. The molecule has 152 valence electrons. The molecule has 0 aliphatic heterocycles. The molecule has 0 atom stereocenters. The Labute approximate surface area is 175 Å². The first kappa shape index (κ1) is 21.1. The molecular formula is C21H22ClN3O3S. The number of hydrogen-bond donors (Lipinski definition) is 1. The van der Waals surface area contributed by atoms with Gasteiger partial charge in [0.05, 0.1) is 34.6 Å². The van der Waals surface area contributed by atoms with Crippen LogP contribution in [0.2, 0.25) is 5.02 Å². The van der Waals surface area contributed by atoms with Crippen molar-refractivity contribution in [1.82, 2.24) is 15.1 Å². The van der Waals surface area contributed by atoms with Gasteiger partial charge >= 0.3 is 0 Å². The summed E-state index contributed by atoms with van der Waals surface area (Å²) >= 11 is 6.02. The van der Waals surface area contributed by atoms with Gasteiger partial charge in [-0.1, -0.05) is 48.0 Å². The Morgan fingerprint density at radius 1 is 1.14 bits per heavy atom. The summed E-state index contributed by atoms with van der Waals surface area (Å²) in [5.41, 5.74) is 2.65. The van der Waals surface area contributed by atoms with Crippen LogP contribution in [-0.4, -0.2) is 36.4 Å². The highest BCUT2D eigenvalue weighted by Crippen LogP contribution is 2.18. The first-order chi connectivity index (χ1) is 13.9. The van der Waals surface area contributed by atoms with Gasteiger partial charge in [0.1, 0.15) is 0 Å². The normalized spacial score (nSPS) is 11.4. The molecule has 0 saturated carbocycles. The Hall–Kier alpha value is -2.64. The zero-order chi connectivity index (χ0) is 20.9. The van der Waals surface area contributed by atoms with E-state index in [0.29, 0.717) is 22.7 Å². The molecular weight excluding hydrogens is 410 g/mol. The summed E-state index contributed by atoms with van der Waals surface area (Å²) in [5.74, 6) is -0.257. The molecule has 0 fully saturated rings. The van der Waals surface area contributed by atoms with E-state index in [9.17, 15) is 13.2 Å². The molecule has 0 aliphatic rings. The SMILES string of the molecule is Cc1c(C(=O)NCCCS(=O)(=O)Cc2ccccc2)cnn1-c1cccc(Cl)c1. The second-order valence-corrected chi connectivity index (χ2v) is 9.34. The molecule has 0 aliphatic carbocycles. The van der Waals surface area contributed by atoms with E-state index < -0.39 is 9.84 Å². The first-order valence-electron chi connectivity index (χ1n) is 9.19. The minimum absolute atomic E-state index is 0.00724. The van der Waals surface area contributed by atoms with Gasteiger partial charge in [-0.15, -0.1) is 0 Å². The number of halogens is 1. The summed E-state index contributed by atoms with van der Waals surface area (Å²) in [6.07, 6.45) is 1.85. The first-order valence-corrected chi connectivity index (χ1v) is 11.4. The summed E-state index contributed by atoms with van der Waals surface area (Å²) in [6, 6.07) is 16.3. The monoisotopic (exact) mass is 431 g/mol. The van der Waals surface area contributed by atoms with Gasteiger partial charge in [-0.05, 0) is 37.1 Å². The molecule has 0 radical (unpaired) electrons. The molecule has 29 heavy (non-hydrogen) atoms. The van der Waals surface area contributed by atoms with Crippen LogP contribution in [0.4, 0.5) is 0 Å². The average molecular weight is 432 g/mol. The number of carbonyl (C=O) groups is 1. The van der Waals surface area contributed by atoms with E-state index in [1.54, 1.807) is 35.9 Å². The minimum atomic E-state index is -3.22. The second kappa shape index (κ2) is 9.24. The van der Waals surface area contributed by atoms with Crippen LogP contribution >= 0.6 is 11.6 Å². The predicted molar refractivity (Wildman–Crippen MR) is 114 cm³/mol. The maximum absolute atomic E-state index is 12.5. The van der Waals surface area contributed by atoms with Gasteiger partial charge in [-0.25, -0.2) is 13.1 Å². The molecule has 1 heterocycles. The van der Waals surface area contributed by atoms with E-state index in [1.807, 2.05) is 30.3 Å². The number of nitrogens with zero attached hydrogens (tertiary/aromatic N) is 2. The lowest BCUT2D eigenvalue weighted by atomic mass is 10.2. The molecule has 0 bridgehead atoms. The number of aromatic nitrogens is 2. The topological polar surface area (TPSA) is 81.1 Å². The summed E-state index contributed by atoms with van der Waals surface area (Å²) in [6.45, 7) is 2.07. The lowest BCUT2D eigenvalue weighted by Crippen LogP contribution is -2.26. The molecule has 6 nitrogen and oxygen atoms in total. The predicted octanol–water partition coefficient (Wildman–Crippen LogP) is 3.57. The number of benzene rings is 2. The molecule has 3 rings (SSSR count). The Morgan fingerprint density at radius 2 is 1.90 bits per heavy atom. The van der Waals surface area contributed by atoms with Crippen LogP contribution in [0.5, 0.6) is 0 Å². The van der Waals surface area contributed by atoms with Crippen LogP contribution in [0.25, 0.3) is 5.69 Å². The van der Waals surface area contributed by atoms with Crippen LogP contribution in [-0.2, 0) is 15.6 Å². The van der Waals surface area contributed by atoms with Gasteiger partial charge in [-0.2, -0.15) is 5.10 Å². The standard InChI is InChI=1S/C21H22ClN3O3S/c1-16-20(14-24-25(16)19-10-5-9-18(22)13-19)21(26)23-11-6-12-29(27,28)15-17-7-3-2-4-8-17/h2-5,7-10,13-14H,6,11-12,15H2,1H3,(H,23,26).